The monoisotopic (exact) mass is 379 g/mol. The predicted octanol–water partition coefficient (Wildman–Crippen LogP) is 1.90. The van der Waals surface area contributed by atoms with Crippen molar-refractivity contribution in [2.75, 3.05) is 0 Å². The Hall–Kier alpha value is -0.580. The lowest BCUT2D eigenvalue weighted by Gasteiger charge is -2.35. The van der Waals surface area contributed by atoms with Gasteiger partial charge in [0.25, 0.3) is 0 Å². The van der Waals surface area contributed by atoms with Crippen LogP contribution in [0.3, 0.4) is 0 Å². The zero-order valence-corrected chi connectivity index (χ0v) is 14.2. The van der Waals surface area contributed by atoms with E-state index in [0.717, 1.165) is 0 Å². The molecule has 0 unspecified atom stereocenters. The molecule has 3 heterocycles. The molecule has 0 spiro atoms. The van der Waals surface area contributed by atoms with Gasteiger partial charge in [0.2, 0.25) is 0 Å². The van der Waals surface area contributed by atoms with E-state index in [1.807, 2.05) is 0 Å². The van der Waals surface area contributed by atoms with Crippen LogP contribution in [0.25, 0.3) is 0 Å². The molecule has 0 amide bonds. The molecule has 0 aromatic carbocycles. The van der Waals surface area contributed by atoms with Gasteiger partial charge in [-0.1, -0.05) is 0 Å². The molecule has 9 heteroatoms. The summed E-state index contributed by atoms with van der Waals surface area (Å²) in [5.74, 6) is -1.63. The minimum atomic E-state index is -0.823. The lowest BCUT2D eigenvalue weighted by atomic mass is 9.99. The van der Waals surface area contributed by atoms with Crippen LogP contribution in [0.4, 0.5) is 0 Å². The van der Waals surface area contributed by atoms with Crippen molar-refractivity contribution in [2.45, 2.75) is 70.0 Å². The molecule has 3 aliphatic heterocycles. The molecule has 0 N–H and O–H groups in total. The van der Waals surface area contributed by atoms with Crippen LogP contribution in [0.1, 0.15) is 27.7 Å². The van der Waals surface area contributed by atoms with E-state index in [1.54, 1.807) is 27.7 Å². The SMILES string of the molecule is CC1(C)O[C@H]2[C@@H](O1)[C@@H](/C=C(\Br)[N+](=O)[O-])O[C@@H]1OC(C)(C)O[C@@H]12. The van der Waals surface area contributed by atoms with Gasteiger partial charge in [-0.25, -0.2) is 0 Å². The van der Waals surface area contributed by atoms with Gasteiger partial charge in [0.1, 0.15) is 24.4 Å². The standard InChI is InChI=1S/C13H18BrNO7/c1-12(2)19-8-6(5-7(14)15(16)17)18-11-10(9(8)20-12)21-13(3,4)22-11/h5-6,8-11H,1-4H3/b7-5+/t6-,8+,9+,10-,11-/m1/s1. The average molecular weight is 380 g/mol. The minimum Gasteiger partial charge on any atom is -0.342 e. The number of rotatable bonds is 2. The highest BCUT2D eigenvalue weighted by molar-refractivity contribution is 9.11. The minimum absolute atomic E-state index is 0.193. The van der Waals surface area contributed by atoms with Gasteiger partial charge in [0, 0.05) is 22.0 Å². The van der Waals surface area contributed by atoms with E-state index in [2.05, 4.69) is 15.9 Å². The third-order valence-electron chi connectivity index (χ3n) is 3.67. The van der Waals surface area contributed by atoms with Gasteiger partial charge < -0.3 is 23.7 Å². The van der Waals surface area contributed by atoms with Crippen LogP contribution in [0.15, 0.2) is 10.7 Å². The van der Waals surface area contributed by atoms with E-state index in [-0.39, 0.29) is 4.61 Å². The van der Waals surface area contributed by atoms with Gasteiger partial charge in [0.15, 0.2) is 17.9 Å². The number of fused-ring (bicyclic) bond motifs is 3. The van der Waals surface area contributed by atoms with Crippen molar-refractivity contribution >= 4 is 15.9 Å². The van der Waals surface area contributed by atoms with Gasteiger partial charge in [-0.2, -0.15) is 0 Å². The Balaban J connectivity index is 1.90. The van der Waals surface area contributed by atoms with E-state index in [0.29, 0.717) is 0 Å². The van der Waals surface area contributed by atoms with Crippen molar-refractivity contribution in [1.29, 1.82) is 0 Å². The molecule has 5 atom stereocenters. The van der Waals surface area contributed by atoms with Gasteiger partial charge in [-0.05, 0) is 27.7 Å². The summed E-state index contributed by atoms with van der Waals surface area (Å²) in [4.78, 5) is 10.3. The second-order valence-electron chi connectivity index (χ2n) is 6.38. The molecule has 0 aromatic heterocycles. The van der Waals surface area contributed by atoms with Crippen molar-refractivity contribution in [1.82, 2.24) is 0 Å². The summed E-state index contributed by atoms with van der Waals surface area (Å²) in [5.41, 5.74) is 0. The third-order valence-corrected chi connectivity index (χ3v) is 4.22. The zero-order valence-electron chi connectivity index (χ0n) is 12.6. The molecular formula is C13H18BrNO7. The van der Waals surface area contributed by atoms with Crippen LogP contribution < -0.4 is 0 Å². The zero-order chi connectivity index (χ0) is 16.3. The normalized spacial score (nSPS) is 42.8. The second kappa shape index (κ2) is 5.22. The Kier molecular flexibility index (Phi) is 3.86. The van der Waals surface area contributed by atoms with E-state index in [1.165, 1.54) is 6.08 Å². The van der Waals surface area contributed by atoms with E-state index >= 15 is 0 Å². The van der Waals surface area contributed by atoms with Crippen LogP contribution in [0, 0.1) is 10.1 Å². The first-order valence-corrected chi connectivity index (χ1v) is 7.76. The molecule has 0 aliphatic carbocycles. The molecule has 3 saturated heterocycles. The fraction of sp³-hybridized carbons (Fsp3) is 0.846. The maximum absolute atomic E-state index is 10.8. The second-order valence-corrected chi connectivity index (χ2v) is 7.19. The van der Waals surface area contributed by atoms with Crippen LogP contribution in [-0.2, 0) is 23.7 Å². The highest BCUT2D eigenvalue weighted by Gasteiger charge is 2.60. The smallest absolute Gasteiger partial charge is 0.309 e. The predicted molar refractivity (Wildman–Crippen MR) is 76.5 cm³/mol. The molecular weight excluding hydrogens is 362 g/mol. The van der Waals surface area contributed by atoms with Gasteiger partial charge >= 0.3 is 4.61 Å². The number of nitro groups is 1. The van der Waals surface area contributed by atoms with E-state index in [4.69, 9.17) is 23.7 Å². The van der Waals surface area contributed by atoms with Gasteiger partial charge in [-0.3, -0.25) is 10.1 Å². The van der Waals surface area contributed by atoms with Crippen molar-refractivity contribution < 1.29 is 28.6 Å². The molecule has 3 aliphatic rings. The van der Waals surface area contributed by atoms with E-state index < -0.39 is 47.2 Å². The van der Waals surface area contributed by atoms with Crippen LogP contribution in [-0.4, -0.2) is 47.2 Å². The highest BCUT2D eigenvalue weighted by Crippen LogP contribution is 2.44. The highest BCUT2D eigenvalue weighted by atomic mass is 79.9. The summed E-state index contributed by atoms with van der Waals surface area (Å²) in [7, 11) is 0. The lowest BCUT2D eigenvalue weighted by Crippen LogP contribution is -2.54. The van der Waals surface area contributed by atoms with Crippen LogP contribution in [0.5, 0.6) is 0 Å². The molecule has 22 heavy (non-hydrogen) atoms. The van der Waals surface area contributed by atoms with Crippen LogP contribution >= 0.6 is 15.9 Å². The molecule has 124 valence electrons. The first-order valence-electron chi connectivity index (χ1n) is 6.96. The topological polar surface area (TPSA) is 89.3 Å². The Morgan fingerprint density at radius 1 is 1.05 bits per heavy atom. The fourth-order valence-corrected chi connectivity index (χ4v) is 3.23. The quantitative estimate of drug-likeness (QED) is 0.411. The van der Waals surface area contributed by atoms with Crippen molar-refractivity contribution in [3.05, 3.63) is 20.8 Å². The summed E-state index contributed by atoms with van der Waals surface area (Å²) in [6.45, 7) is 7.13. The first-order chi connectivity index (χ1) is 10.1. The largest absolute Gasteiger partial charge is 0.342 e. The number of nitrogens with zero attached hydrogens (tertiary/aromatic N) is 1. The summed E-state index contributed by atoms with van der Waals surface area (Å²) in [6, 6.07) is 0. The Bertz CT molecular complexity index is 521. The summed E-state index contributed by atoms with van der Waals surface area (Å²) in [6.07, 6.45) is -1.37. The third kappa shape index (κ3) is 2.93. The Morgan fingerprint density at radius 3 is 2.23 bits per heavy atom. The average Bonchev–Trinajstić information content (AvgIpc) is 2.84. The number of hydrogen-bond donors (Lipinski definition) is 0. The Morgan fingerprint density at radius 2 is 1.59 bits per heavy atom. The number of hydrogen-bond acceptors (Lipinski definition) is 7. The fourth-order valence-electron chi connectivity index (χ4n) is 2.97. The summed E-state index contributed by atoms with van der Waals surface area (Å²) >= 11 is 2.91. The number of halogens is 1. The summed E-state index contributed by atoms with van der Waals surface area (Å²) in [5, 5.41) is 10.8. The van der Waals surface area contributed by atoms with Crippen molar-refractivity contribution in [2.24, 2.45) is 0 Å². The lowest BCUT2D eigenvalue weighted by molar-refractivity contribution is -0.409. The molecule has 3 rings (SSSR count). The molecule has 0 saturated carbocycles. The molecule has 0 bridgehead atoms. The summed E-state index contributed by atoms with van der Waals surface area (Å²) < 4.78 is 28.9. The molecule has 0 radical (unpaired) electrons. The van der Waals surface area contributed by atoms with Gasteiger partial charge in [0.05, 0.1) is 4.92 Å². The Labute approximate surface area is 135 Å². The molecule has 0 aromatic rings. The van der Waals surface area contributed by atoms with Gasteiger partial charge in [-0.15, -0.1) is 0 Å². The van der Waals surface area contributed by atoms with E-state index in [9.17, 15) is 10.1 Å². The van der Waals surface area contributed by atoms with Crippen molar-refractivity contribution in [3.63, 3.8) is 0 Å². The van der Waals surface area contributed by atoms with Crippen molar-refractivity contribution in [3.8, 4) is 0 Å². The maximum atomic E-state index is 10.8. The first kappa shape index (κ1) is 16.3. The molecule has 8 nitrogen and oxygen atoms in total. The molecule has 3 fully saturated rings. The maximum Gasteiger partial charge on any atom is 0.309 e. The number of ether oxygens (including phenoxy) is 5. The van der Waals surface area contributed by atoms with Crippen LogP contribution in [0.2, 0.25) is 0 Å².